The lowest BCUT2D eigenvalue weighted by Crippen LogP contribution is -2.38. The van der Waals surface area contributed by atoms with Crippen LogP contribution in [0, 0.1) is 0 Å². The van der Waals surface area contributed by atoms with E-state index >= 15 is 0 Å². The molecule has 0 aliphatic heterocycles. The van der Waals surface area contributed by atoms with Gasteiger partial charge < -0.3 is 15.0 Å². The van der Waals surface area contributed by atoms with E-state index < -0.39 is 0 Å². The molecule has 1 unspecified atom stereocenters. The molecule has 0 radical (unpaired) electrons. The molecular formula is C12H24N4O. The summed E-state index contributed by atoms with van der Waals surface area (Å²) in [5.74, 6) is 1.01. The van der Waals surface area contributed by atoms with Gasteiger partial charge in [0.15, 0.2) is 0 Å². The predicted octanol–water partition coefficient (Wildman–Crippen LogP) is 0.211. The molecule has 1 aromatic heterocycles. The van der Waals surface area contributed by atoms with Crippen LogP contribution in [0.4, 0.5) is 0 Å². The van der Waals surface area contributed by atoms with Gasteiger partial charge in [0, 0.05) is 38.6 Å². The molecule has 2 N–H and O–H groups in total. The van der Waals surface area contributed by atoms with Gasteiger partial charge >= 0.3 is 0 Å². The van der Waals surface area contributed by atoms with E-state index in [1.807, 2.05) is 24.9 Å². The molecule has 0 aliphatic rings. The zero-order valence-electron chi connectivity index (χ0n) is 11.2. The highest BCUT2D eigenvalue weighted by molar-refractivity contribution is 4.90. The van der Waals surface area contributed by atoms with E-state index in [9.17, 15) is 5.11 Å². The van der Waals surface area contributed by atoms with E-state index in [2.05, 4.69) is 29.0 Å². The van der Waals surface area contributed by atoms with Crippen molar-refractivity contribution in [3.63, 3.8) is 0 Å². The Labute approximate surface area is 103 Å². The van der Waals surface area contributed by atoms with Crippen LogP contribution in [-0.4, -0.2) is 51.8 Å². The third kappa shape index (κ3) is 5.30. The fraction of sp³-hybridized carbons (Fsp3) is 0.750. The van der Waals surface area contributed by atoms with Crippen LogP contribution in [0.1, 0.15) is 19.7 Å². The number of rotatable bonds is 7. The van der Waals surface area contributed by atoms with Crippen molar-refractivity contribution < 1.29 is 5.11 Å². The zero-order valence-corrected chi connectivity index (χ0v) is 11.2. The zero-order chi connectivity index (χ0) is 12.8. The van der Waals surface area contributed by atoms with Crippen molar-refractivity contribution in [1.29, 1.82) is 0 Å². The normalized spacial score (nSPS) is 13.6. The van der Waals surface area contributed by atoms with E-state index in [0.717, 1.165) is 12.4 Å². The summed E-state index contributed by atoms with van der Waals surface area (Å²) in [6.07, 6.45) is 3.38. The van der Waals surface area contributed by atoms with Crippen molar-refractivity contribution in [3.8, 4) is 0 Å². The molecule has 98 valence electrons. The summed E-state index contributed by atoms with van der Waals surface area (Å²) in [4.78, 5) is 6.34. The molecule has 0 spiro atoms. The summed E-state index contributed by atoms with van der Waals surface area (Å²) in [5.41, 5.74) is 0. The summed E-state index contributed by atoms with van der Waals surface area (Å²) in [6, 6.07) is 0.407. The van der Waals surface area contributed by atoms with Crippen molar-refractivity contribution in [1.82, 2.24) is 19.8 Å². The molecule has 5 nitrogen and oxygen atoms in total. The second-order valence-corrected chi connectivity index (χ2v) is 4.87. The van der Waals surface area contributed by atoms with E-state index in [-0.39, 0.29) is 6.10 Å². The number of hydrogen-bond donors (Lipinski definition) is 2. The van der Waals surface area contributed by atoms with Gasteiger partial charge in [-0.25, -0.2) is 4.98 Å². The number of aliphatic hydroxyl groups excluding tert-OH is 1. The number of aromatic nitrogens is 2. The average molecular weight is 240 g/mol. The Hall–Kier alpha value is -0.910. The lowest BCUT2D eigenvalue weighted by molar-refractivity contribution is 0.118. The van der Waals surface area contributed by atoms with Crippen molar-refractivity contribution in [2.45, 2.75) is 32.5 Å². The molecular weight excluding hydrogens is 216 g/mol. The summed E-state index contributed by atoms with van der Waals surface area (Å²) in [6.45, 7) is 6.17. The van der Waals surface area contributed by atoms with E-state index in [4.69, 9.17) is 0 Å². The lowest BCUT2D eigenvalue weighted by atomic mass is 10.3. The molecule has 0 bridgehead atoms. The molecule has 1 aromatic rings. The molecule has 1 atom stereocenters. The second kappa shape index (κ2) is 6.74. The molecule has 1 rings (SSSR count). The minimum absolute atomic E-state index is 0.345. The number of likely N-dealkylation sites (N-methyl/N-ethyl adjacent to an activating group) is 1. The van der Waals surface area contributed by atoms with Crippen LogP contribution >= 0.6 is 0 Å². The highest BCUT2D eigenvalue weighted by Crippen LogP contribution is 2.00. The smallest absolute Gasteiger partial charge is 0.122 e. The van der Waals surface area contributed by atoms with Gasteiger partial charge in [-0.15, -0.1) is 0 Å². The summed E-state index contributed by atoms with van der Waals surface area (Å²) >= 11 is 0. The maximum Gasteiger partial charge on any atom is 0.122 e. The monoisotopic (exact) mass is 240 g/mol. The van der Waals surface area contributed by atoms with E-state index in [0.29, 0.717) is 19.1 Å². The molecule has 1 heterocycles. The van der Waals surface area contributed by atoms with Crippen LogP contribution in [0.25, 0.3) is 0 Å². The van der Waals surface area contributed by atoms with Crippen LogP contribution in [0.2, 0.25) is 0 Å². The standard InChI is InChI=1S/C12H24N4O/c1-10(2)14-7-11(17)8-15(3)9-12-13-5-6-16(12)4/h5-6,10-11,14,17H,7-9H2,1-4H3. The Morgan fingerprint density at radius 2 is 2.24 bits per heavy atom. The highest BCUT2D eigenvalue weighted by atomic mass is 16.3. The fourth-order valence-corrected chi connectivity index (χ4v) is 1.65. The molecule has 5 heteroatoms. The molecule has 0 saturated carbocycles. The lowest BCUT2D eigenvalue weighted by Gasteiger charge is -2.21. The molecule has 0 aromatic carbocycles. The van der Waals surface area contributed by atoms with Gasteiger partial charge in [-0.3, -0.25) is 4.90 Å². The van der Waals surface area contributed by atoms with Crippen LogP contribution in [0.3, 0.4) is 0 Å². The largest absolute Gasteiger partial charge is 0.390 e. The number of aliphatic hydroxyl groups is 1. The topological polar surface area (TPSA) is 53.3 Å². The Bertz CT molecular complexity index is 324. The molecule has 0 fully saturated rings. The van der Waals surface area contributed by atoms with Gasteiger partial charge in [0.05, 0.1) is 12.6 Å². The summed E-state index contributed by atoms with van der Waals surface area (Å²) in [5, 5.41) is 13.1. The molecule has 0 amide bonds. The Balaban J connectivity index is 2.29. The van der Waals surface area contributed by atoms with E-state index in [1.165, 1.54) is 0 Å². The third-order valence-corrected chi connectivity index (χ3v) is 2.62. The van der Waals surface area contributed by atoms with Crippen LogP contribution < -0.4 is 5.32 Å². The van der Waals surface area contributed by atoms with Gasteiger partial charge in [-0.1, -0.05) is 13.8 Å². The minimum atomic E-state index is -0.345. The van der Waals surface area contributed by atoms with E-state index in [1.54, 1.807) is 6.20 Å². The van der Waals surface area contributed by atoms with Crippen molar-refractivity contribution in [2.24, 2.45) is 7.05 Å². The van der Waals surface area contributed by atoms with Gasteiger partial charge in [-0.05, 0) is 7.05 Å². The third-order valence-electron chi connectivity index (χ3n) is 2.62. The first kappa shape index (κ1) is 14.2. The SMILES string of the molecule is CC(C)NCC(O)CN(C)Cc1nccn1C. The van der Waals surface area contributed by atoms with Gasteiger partial charge in [0.25, 0.3) is 0 Å². The first-order chi connectivity index (χ1) is 7.99. The summed E-state index contributed by atoms with van der Waals surface area (Å²) < 4.78 is 2.00. The Kier molecular flexibility index (Phi) is 5.61. The van der Waals surface area contributed by atoms with Gasteiger partial charge in [-0.2, -0.15) is 0 Å². The number of aryl methyl sites for hydroxylation is 1. The average Bonchev–Trinajstić information content (AvgIpc) is 2.61. The molecule has 17 heavy (non-hydrogen) atoms. The van der Waals surface area contributed by atoms with Crippen LogP contribution in [0.15, 0.2) is 12.4 Å². The van der Waals surface area contributed by atoms with Crippen molar-refractivity contribution in [2.75, 3.05) is 20.1 Å². The molecule has 0 aliphatic carbocycles. The molecule has 0 saturated heterocycles. The summed E-state index contributed by atoms with van der Waals surface area (Å²) in [7, 11) is 3.97. The van der Waals surface area contributed by atoms with Crippen molar-refractivity contribution >= 4 is 0 Å². The number of imidazole rings is 1. The highest BCUT2D eigenvalue weighted by Gasteiger charge is 2.10. The van der Waals surface area contributed by atoms with Gasteiger partial charge in [0.1, 0.15) is 5.82 Å². The first-order valence-electron chi connectivity index (χ1n) is 6.05. The minimum Gasteiger partial charge on any atom is -0.390 e. The fourth-order valence-electron chi connectivity index (χ4n) is 1.65. The Morgan fingerprint density at radius 1 is 1.53 bits per heavy atom. The Morgan fingerprint density at radius 3 is 2.76 bits per heavy atom. The first-order valence-corrected chi connectivity index (χ1v) is 6.05. The maximum atomic E-state index is 9.84. The number of nitrogens with one attached hydrogen (secondary N) is 1. The maximum absolute atomic E-state index is 9.84. The predicted molar refractivity (Wildman–Crippen MR) is 68.7 cm³/mol. The van der Waals surface area contributed by atoms with Crippen molar-refractivity contribution in [3.05, 3.63) is 18.2 Å². The second-order valence-electron chi connectivity index (χ2n) is 4.87. The van der Waals surface area contributed by atoms with Gasteiger partial charge in [0.2, 0.25) is 0 Å². The van der Waals surface area contributed by atoms with Crippen LogP contribution in [-0.2, 0) is 13.6 Å². The van der Waals surface area contributed by atoms with Crippen LogP contribution in [0.5, 0.6) is 0 Å². The quantitative estimate of drug-likeness (QED) is 0.715. The number of hydrogen-bond acceptors (Lipinski definition) is 4. The number of nitrogens with zero attached hydrogens (tertiary/aromatic N) is 3.